The first-order valence-corrected chi connectivity index (χ1v) is 7.49. The van der Waals surface area contributed by atoms with Gasteiger partial charge in [0.05, 0.1) is 0 Å². The Morgan fingerprint density at radius 3 is 2.95 bits per heavy atom. The minimum Gasteiger partial charge on any atom is -0.480 e. The number of thioether (sulfide) groups is 1. The molecule has 1 N–H and O–H groups in total. The van der Waals surface area contributed by atoms with Crippen molar-refractivity contribution in [2.24, 2.45) is 0 Å². The molecule has 0 aliphatic carbocycles. The van der Waals surface area contributed by atoms with Crippen LogP contribution in [0.2, 0.25) is 0 Å². The third kappa shape index (κ3) is 3.64. The van der Waals surface area contributed by atoms with E-state index in [1.165, 1.54) is 11.3 Å². The highest BCUT2D eigenvalue weighted by Gasteiger charge is 2.34. The monoisotopic (exact) mass is 311 g/mol. The molecule has 1 unspecified atom stereocenters. The Hall–Kier alpha value is -0.730. The van der Waals surface area contributed by atoms with Crippen molar-refractivity contribution in [1.82, 2.24) is 4.90 Å². The van der Waals surface area contributed by atoms with Gasteiger partial charge in [-0.05, 0) is 35.2 Å². The number of aliphatic carboxylic acids is 1. The molecule has 1 aromatic heterocycles. The lowest BCUT2D eigenvalue weighted by Gasteiger charge is -2.32. The number of hydrogen-bond donors (Lipinski definition) is 1. The topological polar surface area (TPSA) is 40.5 Å². The summed E-state index contributed by atoms with van der Waals surface area (Å²) < 4.78 is 36.3. The van der Waals surface area contributed by atoms with Crippen LogP contribution in [0.5, 0.6) is 0 Å². The summed E-state index contributed by atoms with van der Waals surface area (Å²) in [6.45, 7) is 0.610. The van der Waals surface area contributed by atoms with Crippen LogP contribution in [0.1, 0.15) is 16.5 Å². The minimum absolute atomic E-state index is 0.108. The van der Waals surface area contributed by atoms with Crippen LogP contribution in [0.25, 0.3) is 0 Å². The molecular formula is C11H12F3NO2S2. The van der Waals surface area contributed by atoms with E-state index in [1.807, 2.05) is 5.38 Å². The summed E-state index contributed by atoms with van der Waals surface area (Å²) in [6.07, 6.45) is 0.702. The van der Waals surface area contributed by atoms with Crippen molar-refractivity contribution in [3.05, 3.63) is 21.9 Å². The van der Waals surface area contributed by atoms with Crippen LogP contribution in [0.4, 0.5) is 13.2 Å². The summed E-state index contributed by atoms with van der Waals surface area (Å²) in [4.78, 5) is 13.9. The zero-order valence-corrected chi connectivity index (χ0v) is 11.4. The first-order chi connectivity index (χ1) is 8.88. The molecule has 1 aromatic rings. The number of halogens is 3. The Balaban J connectivity index is 2.03. The second-order valence-corrected chi connectivity index (χ2v) is 6.28. The molecule has 1 atom stereocenters. The van der Waals surface area contributed by atoms with Gasteiger partial charge in [0.2, 0.25) is 0 Å². The molecule has 106 valence electrons. The van der Waals surface area contributed by atoms with Crippen LogP contribution in [-0.4, -0.2) is 40.3 Å². The molecule has 0 radical (unpaired) electrons. The summed E-state index contributed by atoms with van der Waals surface area (Å²) >= 11 is 1.39. The smallest absolute Gasteiger partial charge is 0.441 e. The number of hydrogen-bond acceptors (Lipinski definition) is 4. The molecule has 1 aliphatic rings. The number of fused-ring (bicyclic) bond motifs is 1. The molecule has 2 rings (SSSR count). The van der Waals surface area contributed by atoms with Gasteiger partial charge in [-0.15, -0.1) is 11.3 Å². The Morgan fingerprint density at radius 2 is 2.32 bits per heavy atom. The Kier molecular flexibility index (Phi) is 4.42. The van der Waals surface area contributed by atoms with Crippen molar-refractivity contribution in [3.63, 3.8) is 0 Å². The van der Waals surface area contributed by atoms with E-state index in [4.69, 9.17) is 0 Å². The van der Waals surface area contributed by atoms with Crippen molar-refractivity contribution in [1.29, 1.82) is 0 Å². The van der Waals surface area contributed by atoms with E-state index >= 15 is 0 Å². The fourth-order valence-corrected chi connectivity index (χ4v) is 3.64. The number of thiophene rings is 1. The zero-order valence-electron chi connectivity index (χ0n) is 9.81. The van der Waals surface area contributed by atoms with Gasteiger partial charge >= 0.3 is 11.5 Å². The maximum Gasteiger partial charge on any atom is 0.441 e. The summed E-state index contributed by atoms with van der Waals surface area (Å²) in [6, 6.07) is 0.936. The number of carbonyl (C=O) groups is 1. The first kappa shape index (κ1) is 14.7. The Labute approximate surface area is 116 Å². The Morgan fingerprint density at radius 1 is 1.58 bits per heavy atom. The van der Waals surface area contributed by atoms with Gasteiger partial charge in [0.15, 0.2) is 0 Å². The predicted molar refractivity (Wildman–Crippen MR) is 68.5 cm³/mol. The van der Waals surface area contributed by atoms with E-state index in [2.05, 4.69) is 0 Å². The van der Waals surface area contributed by atoms with Gasteiger partial charge in [-0.3, -0.25) is 9.69 Å². The van der Waals surface area contributed by atoms with Gasteiger partial charge in [-0.2, -0.15) is 13.2 Å². The molecule has 1 aliphatic heterocycles. The van der Waals surface area contributed by atoms with E-state index in [-0.39, 0.29) is 24.1 Å². The molecule has 3 nitrogen and oxygen atoms in total. The number of rotatable bonds is 4. The van der Waals surface area contributed by atoms with Gasteiger partial charge in [0, 0.05) is 23.7 Å². The quantitative estimate of drug-likeness (QED) is 0.928. The third-order valence-corrected chi connectivity index (χ3v) is 4.65. The van der Waals surface area contributed by atoms with Gasteiger partial charge in [-0.25, -0.2) is 0 Å². The highest BCUT2D eigenvalue weighted by atomic mass is 32.2. The van der Waals surface area contributed by atoms with Gasteiger partial charge in [-0.1, -0.05) is 0 Å². The van der Waals surface area contributed by atoms with Crippen molar-refractivity contribution >= 4 is 29.1 Å². The molecule has 2 heterocycles. The van der Waals surface area contributed by atoms with Crippen LogP contribution in [-0.2, 0) is 11.2 Å². The third-order valence-electron chi connectivity index (χ3n) is 2.94. The highest BCUT2D eigenvalue weighted by molar-refractivity contribution is 8.00. The van der Waals surface area contributed by atoms with Crippen molar-refractivity contribution in [2.75, 3.05) is 18.8 Å². The van der Waals surface area contributed by atoms with Crippen molar-refractivity contribution < 1.29 is 23.1 Å². The second kappa shape index (κ2) is 5.72. The standard InChI is InChI=1S/C11H12F3NO2S2/c12-11(13,14)19-6-4-15-3-1-8-7(2-5-18-8)9(15)10(16)17/h2,5,9H,1,3-4,6H2,(H,16,17). The SMILES string of the molecule is O=C(O)C1c2ccsc2CCN1CCSC(F)(F)F. The van der Waals surface area contributed by atoms with Crippen LogP contribution in [0, 0.1) is 0 Å². The second-order valence-electron chi connectivity index (χ2n) is 4.12. The summed E-state index contributed by atoms with van der Waals surface area (Å²) in [5, 5.41) is 11.1. The van der Waals surface area contributed by atoms with E-state index in [9.17, 15) is 23.1 Å². The predicted octanol–water partition coefficient (Wildman–Crippen LogP) is 2.98. The van der Waals surface area contributed by atoms with Crippen LogP contribution < -0.4 is 0 Å². The molecule has 8 heteroatoms. The van der Waals surface area contributed by atoms with E-state index in [1.54, 1.807) is 11.0 Å². The molecule has 0 bridgehead atoms. The van der Waals surface area contributed by atoms with Gasteiger partial charge < -0.3 is 5.11 Å². The molecule has 19 heavy (non-hydrogen) atoms. The van der Waals surface area contributed by atoms with E-state index in [0.29, 0.717) is 13.0 Å². The molecule has 0 saturated heterocycles. The van der Waals surface area contributed by atoms with Crippen molar-refractivity contribution in [2.45, 2.75) is 18.0 Å². The minimum atomic E-state index is -4.26. The maximum atomic E-state index is 12.1. The number of carboxylic acid groups (broad SMARTS) is 1. The maximum absolute atomic E-state index is 12.1. The first-order valence-electron chi connectivity index (χ1n) is 5.62. The van der Waals surface area contributed by atoms with Crippen LogP contribution in [0.3, 0.4) is 0 Å². The Bertz CT molecular complexity index is 461. The van der Waals surface area contributed by atoms with Gasteiger partial charge in [0.1, 0.15) is 6.04 Å². The lowest BCUT2D eigenvalue weighted by Crippen LogP contribution is -2.40. The number of nitrogens with zero attached hydrogens (tertiary/aromatic N) is 1. The molecule has 0 fully saturated rings. The molecule has 0 saturated carbocycles. The number of alkyl halides is 3. The fraction of sp³-hybridized carbons (Fsp3) is 0.545. The van der Waals surface area contributed by atoms with E-state index in [0.717, 1.165) is 10.4 Å². The molecule has 0 amide bonds. The molecular weight excluding hydrogens is 299 g/mol. The lowest BCUT2D eigenvalue weighted by atomic mass is 10.0. The van der Waals surface area contributed by atoms with Gasteiger partial charge in [0.25, 0.3) is 0 Å². The zero-order chi connectivity index (χ0) is 14.0. The van der Waals surface area contributed by atoms with Crippen molar-refractivity contribution in [3.8, 4) is 0 Å². The summed E-state index contributed by atoms with van der Waals surface area (Å²) in [7, 11) is 0. The summed E-state index contributed by atoms with van der Waals surface area (Å²) in [5.41, 5.74) is -3.54. The van der Waals surface area contributed by atoms with Crippen LogP contribution >= 0.6 is 23.1 Å². The summed E-state index contributed by atoms with van der Waals surface area (Å²) in [5.74, 6) is -1.15. The normalized spacial score (nSPS) is 20.3. The average molecular weight is 311 g/mol. The van der Waals surface area contributed by atoms with E-state index < -0.39 is 17.5 Å². The average Bonchev–Trinajstić information content (AvgIpc) is 2.74. The lowest BCUT2D eigenvalue weighted by molar-refractivity contribution is -0.143. The highest BCUT2D eigenvalue weighted by Crippen LogP contribution is 2.35. The largest absolute Gasteiger partial charge is 0.480 e. The number of carboxylic acids is 1. The molecule has 0 aromatic carbocycles. The molecule has 0 spiro atoms. The van der Waals surface area contributed by atoms with Crippen LogP contribution in [0.15, 0.2) is 11.4 Å². The fourth-order valence-electron chi connectivity index (χ4n) is 2.18.